The normalized spacial score (nSPS) is 10.9. The van der Waals surface area contributed by atoms with Crippen LogP contribution in [-0.4, -0.2) is 9.55 Å². The lowest BCUT2D eigenvalue weighted by molar-refractivity contribution is 0.546. The van der Waals surface area contributed by atoms with Crippen LogP contribution in [0, 0.1) is 6.92 Å². The molecule has 0 radical (unpaired) electrons. The summed E-state index contributed by atoms with van der Waals surface area (Å²) < 4.78 is 8.31. The maximum absolute atomic E-state index is 5.58. The number of hydrogen-bond donors (Lipinski definition) is 1. The van der Waals surface area contributed by atoms with E-state index in [9.17, 15) is 0 Å². The molecule has 0 spiro atoms. The summed E-state index contributed by atoms with van der Waals surface area (Å²) in [7, 11) is 1.92. The molecule has 0 atom stereocenters. The Morgan fingerprint density at radius 3 is 2.73 bits per heavy atom. The summed E-state index contributed by atoms with van der Waals surface area (Å²) >= 11 is 3.47. The predicted molar refractivity (Wildman–Crippen MR) is 61.2 cm³/mol. The fourth-order valence-corrected chi connectivity index (χ4v) is 1.91. The predicted octanol–water partition coefficient (Wildman–Crippen LogP) is 2.21. The molecule has 0 aliphatic rings. The number of rotatable bonds is 2. The summed E-state index contributed by atoms with van der Waals surface area (Å²) in [5.41, 5.74) is 6.38. The molecule has 5 heteroatoms. The van der Waals surface area contributed by atoms with E-state index in [1.54, 1.807) is 0 Å². The number of furan rings is 1. The quantitative estimate of drug-likeness (QED) is 0.910. The molecule has 2 aromatic heterocycles. The third-order valence-electron chi connectivity index (χ3n) is 2.27. The van der Waals surface area contributed by atoms with Gasteiger partial charge in [-0.25, -0.2) is 4.98 Å². The van der Waals surface area contributed by atoms with Crippen molar-refractivity contribution in [3.8, 4) is 11.5 Å². The maximum Gasteiger partial charge on any atom is 0.155 e. The number of halogens is 1. The van der Waals surface area contributed by atoms with Crippen LogP contribution < -0.4 is 5.73 Å². The summed E-state index contributed by atoms with van der Waals surface area (Å²) in [6, 6.07) is 3.82. The monoisotopic (exact) mass is 269 g/mol. The van der Waals surface area contributed by atoms with E-state index >= 15 is 0 Å². The zero-order chi connectivity index (χ0) is 11.0. The molecule has 0 saturated carbocycles. The average molecular weight is 270 g/mol. The van der Waals surface area contributed by atoms with Gasteiger partial charge in [-0.15, -0.1) is 0 Å². The van der Waals surface area contributed by atoms with Crippen LogP contribution in [0.25, 0.3) is 11.5 Å². The van der Waals surface area contributed by atoms with E-state index in [1.165, 1.54) is 0 Å². The van der Waals surface area contributed by atoms with Gasteiger partial charge in [-0.05, 0) is 35.0 Å². The molecule has 2 aromatic rings. The molecule has 80 valence electrons. The van der Waals surface area contributed by atoms with Crippen LogP contribution in [0.3, 0.4) is 0 Å². The van der Waals surface area contributed by atoms with E-state index in [0.29, 0.717) is 6.54 Å². The van der Waals surface area contributed by atoms with Gasteiger partial charge in [-0.1, -0.05) is 0 Å². The highest BCUT2D eigenvalue weighted by molar-refractivity contribution is 9.10. The number of imidazole rings is 1. The molecule has 2 N–H and O–H groups in total. The van der Waals surface area contributed by atoms with Crippen molar-refractivity contribution in [1.29, 1.82) is 0 Å². The molecule has 2 heterocycles. The standard InChI is InChI=1S/C10H12BrN3O/c1-6-3-4-7(15-6)9-10(11)14(2)8(5-12)13-9/h3-4H,5,12H2,1-2H3. The van der Waals surface area contributed by atoms with E-state index in [1.807, 2.05) is 30.7 Å². The summed E-state index contributed by atoms with van der Waals surface area (Å²) in [6.45, 7) is 2.32. The van der Waals surface area contributed by atoms with Gasteiger partial charge in [-0.2, -0.15) is 0 Å². The van der Waals surface area contributed by atoms with Gasteiger partial charge < -0.3 is 14.7 Å². The zero-order valence-electron chi connectivity index (χ0n) is 8.62. The first-order valence-corrected chi connectivity index (χ1v) is 5.40. The van der Waals surface area contributed by atoms with Gasteiger partial charge in [0.1, 0.15) is 21.9 Å². The van der Waals surface area contributed by atoms with Crippen LogP contribution in [0.4, 0.5) is 0 Å². The Hall–Kier alpha value is -1.07. The number of aryl methyl sites for hydroxylation is 1. The number of aromatic nitrogens is 2. The van der Waals surface area contributed by atoms with Gasteiger partial charge >= 0.3 is 0 Å². The molecule has 15 heavy (non-hydrogen) atoms. The van der Waals surface area contributed by atoms with Crippen molar-refractivity contribution >= 4 is 15.9 Å². The number of nitrogens with zero attached hydrogens (tertiary/aromatic N) is 2. The van der Waals surface area contributed by atoms with Gasteiger partial charge in [0.05, 0.1) is 6.54 Å². The minimum atomic E-state index is 0.411. The molecule has 0 amide bonds. The molecule has 0 saturated heterocycles. The van der Waals surface area contributed by atoms with Crippen molar-refractivity contribution in [2.45, 2.75) is 13.5 Å². The summed E-state index contributed by atoms with van der Waals surface area (Å²) in [6.07, 6.45) is 0. The smallest absolute Gasteiger partial charge is 0.155 e. The average Bonchev–Trinajstić information content (AvgIpc) is 2.74. The Morgan fingerprint density at radius 1 is 1.53 bits per heavy atom. The van der Waals surface area contributed by atoms with Crippen LogP contribution in [0.1, 0.15) is 11.6 Å². The largest absolute Gasteiger partial charge is 0.460 e. The highest BCUT2D eigenvalue weighted by Crippen LogP contribution is 2.29. The summed E-state index contributed by atoms with van der Waals surface area (Å²) in [4.78, 5) is 4.41. The van der Waals surface area contributed by atoms with Crippen LogP contribution >= 0.6 is 15.9 Å². The van der Waals surface area contributed by atoms with E-state index in [4.69, 9.17) is 10.2 Å². The number of nitrogens with two attached hydrogens (primary N) is 1. The van der Waals surface area contributed by atoms with Crippen molar-refractivity contribution in [3.63, 3.8) is 0 Å². The van der Waals surface area contributed by atoms with Crippen molar-refractivity contribution in [1.82, 2.24) is 9.55 Å². The SMILES string of the molecule is Cc1ccc(-c2nc(CN)n(C)c2Br)o1. The summed E-state index contributed by atoms with van der Waals surface area (Å²) in [5.74, 6) is 2.46. The van der Waals surface area contributed by atoms with Crippen molar-refractivity contribution in [3.05, 3.63) is 28.3 Å². The first kappa shape index (κ1) is 10.4. The Bertz CT molecular complexity index is 487. The van der Waals surface area contributed by atoms with Crippen LogP contribution in [0.15, 0.2) is 21.2 Å². The molecule has 0 fully saturated rings. The first-order valence-electron chi connectivity index (χ1n) is 4.61. The molecule has 0 aromatic carbocycles. The van der Waals surface area contributed by atoms with Crippen molar-refractivity contribution < 1.29 is 4.42 Å². The third kappa shape index (κ3) is 1.72. The molecule has 2 rings (SSSR count). The molecule has 0 aliphatic carbocycles. The lowest BCUT2D eigenvalue weighted by Gasteiger charge is -1.97. The Kier molecular flexibility index (Phi) is 2.67. The third-order valence-corrected chi connectivity index (χ3v) is 3.18. The Morgan fingerprint density at radius 2 is 2.27 bits per heavy atom. The summed E-state index contributed by atoms with van der Waals surface area (Å²) in [5, 5.41) is 0. The number of hydrogen-bond acceptors (Lipinski definition) is 3. The topological polar surface area (TPSA) is 57.0 Å². The molecule has 0 aliphatic heterocycles. The molecule has 4 nitrogen and oxygen atoms in total. The molecular weight excluding hydrogens is 258 g/mol. The van der Waals surface area contributed by atoms with E-state index in [2.05, 4.69) is 20.9 Å². The van der Waals surface area contributed by atoms with E-state index < -0.39 is 0 Å². The molecule has 0 unspecified atom stereocenters. The fraction of sp³-hybridized carbons (Fsp3) is 0.300. The first-order chi connectivity index (χ1) is 7.13. The fourth-order valence-electron chi connectivity index (χ4n) is 1.42. The maximum atomic E-state index is 5.58. The second-order valence-electron chi connectivity index (χ2n) is 3.34. The zero-order valence-corrected chi connectivity index (χ0v) is 10.2. The van der Waals surface area contributed by atoms with Gasteiger partial charge in [0, 0.05) is 7.05 Å². The lowest BCUT2D eigenvalue weighted by Crippen LogP contribution is -2.04. The second kappa shape index (κ2) is 3.83. The Labute approximate surface area is 96.2 Å². The Balaban J connectivity index is 2.53. The molecule has 0 bridgehead atoms. The van der Waals surface area contributed by atoms with Gasteiger partial charge in [-0.3, -0.25) is 0 Å². The lowest BCUT2D eigenvalue weighted by atomic mass is 10.3. The van der Waals surface area contributed by atoms with Gasteiger partial charge in [0.15, 0.2) is 5.76 Å². The van der Waals surface area contributed by atoms with E-state index in [0.717, 1.165) is 27.6 Å². The van der Waals surface area contributed by atoms with Crippen molar-refractivity contribution in [2.75, 3.05) is 0 Å². The minimum Gasteiger partial charge on any atom is -0.460 e. The highest BCUT2D eigenvalue weighted by Gasteiger charge is 2.15. The van der Waals surface area contributed by atoms with Crippen molar-refractivity contribution in [2.24, 2.45) is 12.8 Å². The molecular formula is C10H12BrN3O. The second-order valence-corrected chi connectivity index (χ2v) is 4.09. The van der Waals surface area contributed by atoms with E-state index in [-0.39, 0.29) is 0 Å². The van der Waals surface area contributed by atoms with Gasteiger partial charge in [0.2, 0.25) is 0 Å². The van der Waals surface area contributed by atoms with Crippen LogP contribution in [-0.2, 0) is 13.6 Å². The minimum absolute atomic E-state index is 0.411. The highest BCUT2D eigenvalue weighted by atomic mass is 79.9. The van der Waals surface area contributed by atoms with Gasteiger partial charge in [0.25, 0.3) is 0 Å². The van der Waals surface area contributed by atoms with Crippen LogP contribution in [0.5, 0.6) is 0 Å². The van der Waals surface area contributed by atoms with Crippen LogP contribution in [0.2, 0.25) is 0 Å².